The van der Waals surface area contributed by atoms with Gasteiger partial charge in [-0.1, -0.05) is 35.9 Å². The molecule has 2 aromatic heterocycles. The van der Waals surface area contributed by atoms with Crippen molar-refractivity contribution in [3.63, 3.8) is 0 Å². The molecule has 1 N–H and O–H groups in total. The number of pyridine rings is 2. The van der Waals surface area contributed by atoms with Gasteiger partial charge < -0.3 is 10.0 Å². The Morgan fingerprint density at radius 3 is 2.55 bits per heavy atom. The van der Waals surface area contributed by atoms with E-state index in [4.69, 9.17) is 11.6 Å². The average Bonchev–Trinajstić information content (AvgIpc) is 2.79. The second-order valence-electron chi connectivity index (χ2n) is 7.90. The summed E-state index contributed by atoms with van der Waals surface area (Å²) in [5, 5.41) is 11.8. The molecule has 0 bridgehead atoms. The summed E-state index contributed by atoms with van der Waals surface area (Å²) in [6.07, 6.45) is 10.1. The van der Waals surface area contributed by atoms with Crippen LogP contribution in [0.3, 0.4) is 0 Å². The average molecular weight is 499 g/mol. The first kappa shape index (κ1) is 22.2. The van der Waals surface area contributed by atoms with Gasteiger partial charge in [0.1, 0.15) is 4.60 Å². The van der Waals surface area contributed by atoms with Gasteiger partial charge in [0.2, 0.25) is 0 Å². The Hall–Kier alpha value is -2.05. The van der Waals surface area contributed by atoms with E-state index < -0.39 is 5.60 Å². The number of halogens is 2. The molecule has 1 aliphatic rings. The van der Waals surface area contributed by atoms with Gasteiger partial charge in [0, 0.05) is 48.8 Å². The van der Waals surface area contributed by atoms with Crippen LogP contribution < -0.4 is 0 Å². The van der Waals surface area contributed by atoms with E-state index in [9.17, 15) is 5.11 Å². The minimum atomic E-state index is -0.763. The molecule has 4 nitrogen and oxygen atoms in total. The van der Waals surface area contributed by atoms with E-state index in [0.717, 1.165) is 65.8 Å². The third-order valence-electron chi connectivity index (χ3n) is 5.87. The van der Waals surface area contributed by atoms with Gasteiger partial charge in [-0.25, -0.2) is 4.98 Å². The van der Waals surface area contributed by atoms with Crippen LogP contribution in [-0.4, -0.2) is 39.6 Å². The lowest BCUT2D eigenvalue weighted by Gasteiger charge is -2.38. The van der Waals surface area contributed by atoms with Crippen LogP contribution in [0.15, 0.2) is 77.8 Å². The molecule has 0 radical (unpaired) electrons. The van der Waals surface area contributed by atoms with Gasteiger partial charge in [0.25, 0.3) is 0 Å². The quantitative estimate of drug-likeness (QED) is 0.443. The van der Waals surface area contributed by atoms with Crippen LogP contribution in [0.2, 0.25) is 5.02 Å². The van der Waals surface area contributed by atoms with Crippen molar-refractivity contribution >= 4 is 33.1 Å². The topological polar surface area (TPSA) is 49.2 Å². The first-order chi connectivity index (χ1) is 15.0. The van der Waals surface area contributed by atoms with Crippen LogP contribution in [-0.2, 0) is 5.60 Å². The van der Waals surface area contributed by atoms with Crippen LogP contribution in [0.5, 0.6) is 0 Å². The van der Waals surface area contributed by atoms with Crippen molar-refractivity contribution in [3.05, 3.63) is 99.5 Å². The number of aliphatic hydroxyl groups is 1. The van der Waals surface area contributed by atoms with E-state index in [-0.39, 0.29) is 0 Å². The number of aromatic nitrogens is 2. The zero-order valence-corrected chi connectivity index (χ0v) is 19.6. The first-order valence-corrected chi connectivity index (χ1v) is 11.6. The Morgan fingerprint density at radius 2 is 1.87 bits per heavy atom. The largest absolute Gasteiger partial charge is 0.385 e. The molecule has 6 heteroatoms. The molecule has 0 aliphatic carbocycles. The highest BCUT2D eigenvalue weighted by Crippen LogP contribution is 2.33. The monoisotopic (exact) mass is 497 g/mol. The lowest BCUT2D eigenvalue weighted by Crippen LogP contribution is -2.42. The summed E-state index contributed by atoms with van der Waals surface area (Å²) >= 11 is 9.47. The fraction of sp³-hybridized carbons (Fsp3) is 0.280. The molecule has 31 heavy (non-hydrogen) atoms. The minimum Gasteiger partial charge on any atom is -0.385 e. The third kappa shape index (κ3) is 5.60. The molecule has 1 aromatic carbocycles. The first-order valence-electron chi connectivity index (χ1n) is 10.5. The zero-order chi connectivity index (χ0) is 21.7. The summed E-state index contributed by atoms with van der Waals surface area (Å²) in [7, 11) is 0. The van der Waals surface area contributed by atoms with Gasteiger partial charge in [-0.2, -0.15) is 0 Å². The third-order valence-corrected chi connectivity index (χ3v) is 6.55. The summed E-state index contributed by atoms with van der Waals surface area (Å²) in [6.45, 7) is 2.69. The van der Waals surface area contributed by atoms with Crippen LogP contribution in [0.1, 0.15) is 36.0 Å². The van der Waals surface area contributed by atoms with Crippen LogP contribution in [0, 0.1) is 0 Å². The Bertz CT molecular complexity index is 1030. The van der Waals surface area contributed by atoms with Crippen molar-refractivity contribution in [2.45, 2.75) is 24.9 Å². The molecular weight excluding hydrogens is 474 g/mol. The van der Waals surface area contributed by atoms with E-state index in [1.807, 2.05) is 54.9 Å². The maximum absolute atomic E-state index is 11.1. The maximum atomic E-state index is 11.1. The van der Waals surface area contributed by atoms with E-state index >= 15 is 0 Å². The van der Waals surface area contributed by atoms with Gasteiger partial charge in [-0.15, -0.1) is 0 Å². The van der Waals surface area contributed by atoms with Gasteiger partial charge in [-0.3, -0.25) is 4.98 Å². The fourth-order valence-corrected chi connectivity index (χ4v) is 4.57. The highest BCUT2D eigenvalue weighted by Gasteiger charge is 2.33. The molecule has 1 saturated heterocycles. The van der Waals surface area contributed by atoms with E-state index in [1.54, 1.807) is 6.20 Å². The van der Waals surface area contributed by atoms with Crippen molar-refractivity contribution < 1.29 is 5.11 Å². The summed E-state index contributed by atoms with van der Waals surface area (Å²) in [4.78, 5) is 11.0. The molecule has 3 aromatic rings. The number of likely N-dealkylation sites (tertiary alicyclic amines) is 1. The number of hydrogen-bond donors (Lipinski definition) is 1. The highest BCUT2D eigenvalue weighted by molar-refractivity contribution is 9.10. The van der Waals surface area contributed by atoms with Gasteiger partial charge >= 0.3 is 0 Å². The lowest BCUT2D eigenvalue weighted by atomic mass is 9.84. The predicted molar refractivity (Wildman–Crippen MR) is 129 cm³/mol. The summed E-state index contributed by atoms with van der Waals surface area (Å²) in [5.74, 6) is 0. The van der Waals surface area contributed by atoms with Gasteiger partial charge in [0.15, 0.2) is 0 Å². The highest BCUT2D eigenvalue weighted by atomic mass is 79.9. The van der Waals surface area contributed by atoms with Crippen molar-refractivity contribution in [2.24, 2.45) is 0 Å². The standard InChI is InChI=1S/C25H25BrClN3O/c26-24-17-19(9-13-29-24)23(20-3-1-12-28-18-20)4-2-14-30-15-10-25(31,11-16-30)21-5-7-22(27)8-6-21/h1,3-9,12-13,17-18,31H,2,10-11,14-16H2/b23-4-. The summed E-state index contributed by atoms with van der Waals surface area (Å²) < 4.78 is 0.817. The second kappa shape index (κ2) is 10.0. The molecule has 1 fully saturated rings. The predicted octanol–water partition coefficient (Wildman–Crippen LogP) is 5.70. The number of hydrogen-bond acceptors (Lipinski definition) is 4. The van der Waals surface area contributed by atoms with Crippen molar-refractivity contribution in [3.8, 4) is 0 Å². The Kier molecular flexibility index (Phi) is 7.18. The molecule has 3 heterocycles. The molecule has 0 amide bonds. The second-order valence-corrected chi connectivity index (χ2v) is 9.14. The molecule has 0 saturated carbocycles. The molecule has 0 spiro atoms. The Morgan fingerprint density at radius 1 is 1.10 bits per heavy atom. The smallest absolute Gasteiger partial charge is 0.106 e. The Labute approximate surface area is 196 Å². The van der Waals surface area contributed by atoms with E-state index in [1.165, 1.54) is 0 Å². The normalized spacial score (nSPS) is 16.9. The SMILES string of the molecule is OC1(c2ccc(Cl)cc2)CCN(CC/C=C(\c2cccnc2)c2ccnc(Br)c2)CC1. The number of rotatable bonds is 6. The Balaban J connectivity index is 1.41. The van der Waals surface area contributed by atoms with Crippen LogP contribution in [0.25, 0.3) is 5.57 Å². The summed E-state index contributed by atoms with van der Waals surface area (Å²) in [5.41, 5.74) is 3.56. The van der Waals surface area contributed by atoms with Gasteiger partial charge in [-0.05, 0) is 82.2 Å². The summed E-state index contributed by atoms with van der Waals surface area (Å²) in [6, 6.07) is 15.7. The maximum Gasteiger partial charge on any atom is 0.106 e. The molecule has 4 rings (SSSR count). The van der Waals surface area contributed by atoms with E-state index in [0.29, 0.717) is 5.02 Å². The van der Waals surface area contributed by atoms with E-state index in [2.05, 4.69) is 42.9 Å². The number of piperidine rings is 1. The minimum absolute atomic E-state index is 0.697. The molecule has 1 aliphatic heterocycles. The number of benzene rings is 1. The van der Waals surface area contributed by atoms with Crippen molar-refractivity contribution in [2.75, 3.05) is 19.6 Å². The zero-order valence-electron chi connectivity index (χ0n) is 17.2. The molecule has 0 atom stereocenters. The van der Waals surface area contributed by atoms with Crippen LogP contribution >= 0.6 is 27.5 Å². The van der Waals surface area contributed by atoms with Crippen molar-refractivity contribution in [1.29, 1.82) is 0 Å². The lowest BCUT2D eigenvalue weighted by molar-refractivity contribution is -0.0254. The molecule has 160 valence electrons. The van der Waals surface area contributed by atoms with Gasteiger partial charge in [0.05, 0.1) is 5.60 Å². The number of nitrogens with zero attached hydrogens (tertiary/aromatic N) is 3. The molecular formula is C25H25BrClN3O. The fourth-order valence-electron chi connectivity index (χ4n) is 4.08. The molecule has 0 unspecified atom stereocenters. The van der Waals surface area contributed by atoms with Crippen molar-refractivity contribution in [1.82, 2.24) is 14.9 Å². The van der Waals surface area contributed by atoms with Crippen LogP contribution in [0.4, 0.5) is 0 Å².